The molecule has 0 saturated carbocycles. The number of ether oxygens (including phenoxy) is 1. The van der Waals surface area contributed by atoms with E-state index in [1.54, 1.807) is 37.4 Å². The zero-order valence-corrected chi connectivity index (χ0v) is 13.1. The number of anilines is 1. The molecule has 2 heterocycles. The van der Waals surface area contributed by atoms with Gasteiger partial charge >= 0.3 is 0 Å². The number of carbonyl (C=O) groups excluding carboxylic acids is 1. The number of amides is 1. The molecule has 1 aliphatic heterocycles. The van der Waals surface area contributed by atoms with Gasteiger partial charge in [0.2, 0.25) is 0 Å². The SMILES string of the molecule is C[C@@H](Oc1cccc(Cl)c1)C(=O)Nc1cnc2n1CCCC2. The van der Waals surface area contributed by atoms with E-state index in [0.717, 1.165) is 37.4 Å². The lowest BCUT2D eigenvalue weighted by atomic mass is 10.2. The van der Waals surface area contributed by atoms with Crippen LogP contribution in [0.25, 0.3) is 0 Å². The van der Waals surface area contributed by atoms with E-state index < -0.39 is 6.10 Å². The van der Waals surface area contributed by atoms with Gasteiger partial charge in [0, 0.05) is 18.0 Å². The number of nitrogens with zero attached hydrogens (tertiary/aromatic N) is 2. The topological polar surface area (TPSA) is 56.1 Å². The Bertz CT molecular complexity index is 684. The highest BCUT2D eigenvalue weighted by atomic mass is 35.5. The molecule has 0 unspecified atom stereocenters. The Morgan fingerprint density at radius 2 is 2.32 bits per heavy atom. The van der Waals surface area contributed by atoms with Crippen LogP contribution in [-0.2, 0) is 17.8 Å². The summed E-state index contributed by atoms with van der Waals surface area (Å²) in [6, 6.07) is 7.01. The van der Waals surface area contributed by atoms with Gasteiger partial charge < -0.3 is 14.6 Å². The van der Waals surface area contributed by atoms with Crippen molar-refractivity contribution < 1.29 is 9.53 Å². The van der Waals surface area contributed by atoms with E-state index in [-0.39, 0.29) is 5.91 Å². The molecule has 116 valence electrons. The molecule has 1 aromatic carbocycles. The van der Waals surface area contributed by atoms with Crippen LogP contribution in [0.1, 0.15) is 25.6 Å². The minimum atomic E-state index is -0.617. The number of benzene rings is 1. The molecule has 1 aliphatic rings. The largest absolute Gasteiger partial charge is 0.481 e. The number of halogens is 1. The molecule has 0 radical (unpaired) electrons. The number of fused-ring (bicyclic) bond motifs is 1. The summed E-state index contributed by atoms with van der Waals surface area (Å²) >= 11 is 5.91. The summed E-state index contributed by atoms with van der Waals surface area (Å²) in [4.78, 5) is 16.6. The average molecular weight is 320 g/mol. The molecule has 1 aromatic heterocycles. The van der Waals surface area contributed by atoms with Crippen LogP contribution < -0.4 is 10.1 Å². The Kier molecular flexibility index (Phi) is 4.34. The minimum absolute atomic E-state index is 0.201. The summed E-state index contributed by atoms with van der Waals surface area (Å²) in [5.41, 5.74) is 0. The molecule has 3 rings (SSSR count). The highest BCUT2D eigenvalue weighted by molar-refractivity contribution is 6.30. The monoisotopic (exact) mass is 319 g/mol. The fourth-order valence-corrected chi connectivity index (χ4v) is 2.72. The van der Waals surface area contributed by atoms with Gasteiger partial charge in [0.1, 0.15) is 17.4 Å². The predicted octanol–water partition coefficient (Wildman–Crippen LogP) is 3.28. The standard InChI is InChI=1S/C16H18ClN3O2/c1-11(22-13-6-4-5-12(17)9-13)16(21)19-15-10-18-14-7-2-3-8-20(14)15/h4-6,9-11H,2-3,7-8H2,1H3,(H,19,21)/t11-/m1/s1. The van der Waals surface area contributed by atoms with Crippen molar-refractivity contribution in [3.8, 4) is 5.75 Å². The normalized spacial score (nSPS) is 15.0. The number of aryl methyl sites for hydroxylation is 1. The summed E-state index contributed by atoms with van der Waals surface area (Å²) in [5.74, 6) is 2.14. The highest BCUT2D eigenvalue weighted by Crippen LogP contribution is 2.21. The number of hydrogen-bond donors (Lipinski definition) is 1. The lowest BCUT2D eigenvalue weighted by molar-refractivity contribution is -0.122. The van der Waals surface area contributed by atoms with Gasteiger partial charge in [-0.25, -0.2) is 4.98 Å². The van der Waals surface area contributed by atoms with Gasteiger partial charge in [-0.15, -0.1) is 0 Å². The third-order valence-electron chi connectivity index (χ3n) is 3.70. The Balaban J connectivity index is 1.65. The molecule has 0 bridgehead atoms. The molecule has 0 spiro atoms. The average Bonchev–Trinajstić information content (AvgIpc) is 2.90. The van der Waals surface area contributed by atoms with Gasteiger partial charge in [0.15, 0.2) is 6.10 Å². The van der Waals surface area contributed by atoms with Crippen LogP contribution in [0.4, 0.5) is 5.82 Å². The van der Waals surface area contributed by atoms with Gasteiger partial charge in [-0.1, -0.05) is 17.7 Å². The fraction of sp³-hybridized carbons (Fsp3) is 0.375. The van der Waals surface area contributed by atoms with E-state index in [1.807, 2.05) is 0 Å². The first-order valence-electron chi connectivity index (χ1n) is 7.41. The Hall–Kier alpha value is -2.01. The lowest BCUT2D eigenvalue weighted by Crippen LogP contribution is -2.31. The maximum Gasteiger partial charge on any atom is 0.266 e. The third-order valence-corrected chi connectivity index (χ3v) is 3.93. The molecule has 1 amide bonds. The van der Waals surface area contributed by atoms with E-state index >= 15 is 0 Å². The second kappa shape index (κ2) is 6.40. The van der Waals surface area contributed by atoms with Crippen molar-refractivity contribution in [1.29, 1.82) is 0 Å². The van der Waals surface area contributed by atoms with Gasteiger partial charge in [0.25, 0.3) is 5.91 Å². The Morgan fingerprint density at radius 1 is 1.45 bits per heavy atom. The zero-order chi connectivity index (χ0) is 15.5. The van der Waals surface area contributed by atoms with Crippen molar-refractivity contribution in [3.63, 3.8) is 0 Å². The smallest absolute Gasteiger partial charge is 0.266 e. The first-order chi connectivity index (χ1) is 10.6. The molecular weight excluding hydrogens is 302 g/mol. The summed E-state index contributed by atoms with van der Waals surface area (Å²) in [6.45, 7) is 2.61. The van der Waals surface area contributed by atoms with Gasteiger partial charge in [-0.2, -0.15) is 0 Å². The molecule has 22 heavy (non-hydrogen) atoms. The van der Waals surface area contributed by atoms with Crippen LogP contribution in [-0.4, -0.2) is 21.6 Å². The number of rotatable bonds is 4. The number of carbonyl (C=O) groups is 1. The number of hydrogen-bond acceptors (Lipinski definition) is 3. The highest BCUT2D eigenvalue weighted by Gasteiger charge is 2.19. The summed E-state index contributed by atoms with van der Waals surface area (Å²) < 4.78 is 7.69. The maximum atomic E-state index is 12.3. The van der Waals surface area contributed by atoms with Gasteiger partial charge in [-0.3, -0.25) is 4.79 Å². The van der Waals surface area contributed by atoms with Crippen molar-refractivity contribution in [2.75, 3.05) is 5.32 Å². The molecule has 0 fully saturated rings. The van der Waals surface area contributed by atoms with Gasteiger partial charge in [-0.05, 0) is 38.0 Å². The molecule has 0 aliphatic carbocycles. The van der Waals surface area contributed by atoms with Crippen molar-refractivity contribution in [1.82, 2.24) is 9.55 Å². The third kappa shape index (κ3) is 3.25. The quantitative estimate of drug-likeness (QED) is 0.941. The van der Waals surface area contributed by atoms with Crippen molar-refractivity contribution in [2.45, 2.75) is 38.8 Å². The molecule has 6 heteroatoms. The zero-order valence-electron chi connectivity index (χ0n) is 12.4. The maximum absolute atomic E-state index is 12.3. The number of imidazole rings is 1. The summed E-state index contributed by atoms with van der Waals surface area (Å²) in [7, 11) is 0. The van der Waals surface area contributed by atoms with Crippen molar-refractivity contribution >= 4 is 23.3 Å². The number of nitrogens with one attached hydrogen (secondary N) is 1. The van der Waals surface area contributed by atoms with E-state index in [0.29, 0.717) is 10.8 Å². The van der Waals surface area contributed by atoms with Crippen LogP contribution >= 0.6 is 11.6 Å². The Morgan fingerprint density at radius 3 is 3.14 bits per heavy atom. The van der Waals surface area contributed by atoms with Gasteiger partial charge in [0.05, 0.1) is 6.20 Å². The van der Waals surface area contributed by atoms with Crippen LogP contribution in [0, 0.1) is 0 Å². The molecule has 2 aromatic rings. The van der Waals surface area contributed by atoms with E-state index in [9.17, 15) is 4.79 Å². The first kappa shape index (κ1) is 14.9. The summed E-state index contributed by atoms with van der Waals surface area (Å²) in [5, 5.41) is 3.47. The molecular formula is C16H18ClN3O2. The lowest BCUT2D eigenvalue weighted by Gasteiger charge is -2.18. The minimum Gasteiger partial charge on any atom is -0.481 e. The van der Waals surface area contributed by atoms with Crippen LogP contribution in [0.2, 0.25) is 5.02 Å². The first-order valence-corrected chi connectivity index (χ1v) is 7.79. The Labute approximate surface area is 134 Å². The summed E-state index contributed by atoms with van der Waals surface area (Å²) in [6.07, 6.45) is 4.32. The second-order valence-electron chi connectivity index (χ2n) is 5.38. The molecule has 5 nitrogen and oxygen atoms in total. The van der Waals surface area contributed by atoms with Crippen molar-refractivity contribution in [3.05, 3.63) is 41.3 Å². The van der Waals surface area contributed by atoms with Crippen LogP contribution in [0.3, 0.4) is 0 Å². The van der Waals surface area contributed by atoms with Crippen LogP contribution in [0.5, 0.6) is 5.75 Å². The fourth-order valence-electron chi connectivity index (χ4n) is 2.54. The van der Waals surface area contributed by atoms with E-state index in [4.69, 9.17) is 16.3 Å². The molecule has 1 atom stereocenters. The predicted molar refractivity (Wildman–Crippen MR) is 85.3 cm³/mol. The molecule has 1 N–H and O–H groups in total. The van der Waals surface area contributed by atoms with Crippen molar-refractivity contribution in [2.24, 2.45) is 0 Å². The van der Waals surface area contributed by atoms with Crippen LogP contribution in [0.15, 0.2) is 30.5 Å². The second-order valence-corrected chi connectivity index (χ2v) is 5.81. The number of aromatic nitrogens is 2. The van der Waals surface area contributed by atoms with E-state index in [1.165, 1.54) is 0 Å². The van der Waals surface area contributed by atoms with E-state index in [2.05, 4.69) is 14.9 Å². The molecule has 0 saturated heterocycles.